The molecule has 0 N–H and O–H groups in total. The Bertz CT molecular complexity index is 626. The molecule has 0 radical (unpaired) electrons. The third-order valence-corrected chi connectivity index (χ3v) is 3.83. The summed E-state index contributed by atoms with van der Waals surface area (Å²) in [6, 6.07) is 1.71. The Morgan fingerprint density at radius 3 is 2.17 bits per heavy atom. The Balaban J connectivity index is 3.00. The van der Waals surface area contributed by atoms with Gasteiger partial charge in [0, 0.05) is 17.1 Å². The van der Waals surface area contributed by atoms with Crippen molar-refractivity contribution in [1.29, 1.82) is 0 Å². The second kappa shape index (κ2) is 4.82. The van der Waals surface area contributed by atoms with Crippen LogP contribution in [-0.2, 0) is 0 Å². The minimum absolute atomic E-state index is 0.453. The van der Waals surface area contributed by atoms with Crippen LogP contribution in [0.25, 0.3) is 10.9 Å². The number of methoxy groups -OCH3 is 2. The Morgan fingerprint density at radius 2 is 1.61 bits per heavy atom. The molecule has 0 atom stereocenters. The summed E-state index contributed by atoms with van der Waals surface area (Å²) in [6.45, 7) is 3.81. The van der Waals surface area contributed by atoms with Gasteiger partial charge in [-0.2, -0.15) is 0 Å². The molecular weight excluding hydrogens is 273 g/mol. The lowest BCUT2D eigenvalue weighted by molar-refractivity contribution is 0.397. The molecule has 0 aliphatic heterocycles. The number of halogens is 2. The van der Waals surface area contributed by atoms with Crippen LogP contribution in [-0.4, -0.2) is 19.2 Å². The summed E-state index contributed by atoms with van der Waals surface area (Å²) in [6.07, 6.45) is 0. The number of ether oxygens (including phenoxy) is 2. The summed E-state index contributed by atoms with van der Waals surface area (Å²) in [5.74, 6) is 1.12. The van der Waals surface area contributed by atoms with Crippen molar-refractivity contribution in [2.24, 2.45) is 0 Å². The first-order valence-corrected chi connectivity index (χ1v) is 6.13. The van der Waals surface area contributed by atoms with Gasteiger partial charge in [-0.05, 0) is 19.4 Å². The fourth-order valence-electron chi connectivity index (χ4n) is 1.81. The molecule has 0 aliphatic rings. The van der Waals surface area contributed by atoms with Gasteiger partial charge in [0.15, 0.2) is 0 Å². The van der Waals surface area contributed by atoms with Crippen molar-refractivity contribution >= 4 is 34.1 Å². The zero-order valence-electron chi connectivity index (χ0n) is 10.6. The van der Waals surface area contributed by atoms with Crippen LogP contribution in [0.4, 0.5) is 0 Å². The lowest BCUT2D eigenvalue weighted by atomic mass is 10.1. The molecule has 0 aliphatic carbocycles. The third-order valence-electron chi connectivity index (χ3n) is 2.98. The molecule has 0 fully saturated rings. The molecule has 1 aromatic carbocycles. The molecule has 1 heterocycles. The minimum atomic E-state index is 0.453. The van der Waals surface area contributed by atoms with Crippen LogP contribution in [0.5, 0.6) is 11.5 Å². The molecule has 18 heavy (non-hydrogen) atoms. The summed E-state index contributed by atoms with van der Waals surface area (Å²) in [5, 5.41) is 1.70. The van der Waals surface area contributed by atoms with Crippen LogP contribution in [0.15, 0.2) is 6.07 Å². The molecule has 5 heteroatoms. The quantitative estimate of drug-likeness (QED) is 0.830. The summed E-state index contributed by atoms with van der Waals surface area (Å²) in [5.41, 5.74) is 2.41. The average molecular weight is 286 g/mol. The maximum Gasteiger partial charge on any atom is 0.148 e. The third kappa shape index (κ3) is 1.88. The van der Waals surface area contributed by atoms with E-state index in [2.05, 4.69) is 4.98 Å². The Morgan fingerprint density at radius 1 is 1.00 bits per heavy atom. The van der Waals surface area contributed by atoms with Crippen molar-refractivity contribution in [2.45, 2.75) is 13.8 Å². The van der Waals surface area contributed by atoms with Crippen LogP contribution in [0.1, 0.15) is 11.3 Å². The first-order chi connectivity index (χ1) is 8.51. The highest BCUT2D eigenvalue weighted by molar-refractivity contribution is 6.43. The molecule has 0 unspecified atom stereocenters. The fraction of sp³-hybridized carbons (Fsp3) is 0.308. The van der Waals surface area contributed by atoms with E-state index in [1.807, 2.05) is 13.8 Å². The van der Waals surface area contributed by atoms with E-state index in [9.17, 15) is 0 Å². The van der Waals surface area contributed by atoms with Crippen LogP contribution in [0, 0.1) is 13.8 Å². The molecule has 0 bridgehead atoms. The number of aryl methyl sites for hydroxylation is 1. The highest BCUT2D eigenvalue weighted by Crippen LogP contribution is 2.42. The molecule has 0 saturated heterocycles. The highest BCUT2D eigenvalue weighted by Gasteiger charge is 2.18. The number of hydrogen-bond donors (Lipinski definition) is 0. The van der Waals surface area contributed by atoms with Crippen LogP contribution >= 0.6 is 23.2 Å². The van der Waals surface area contributed by atoms with Crippen LogP contribution in [0.3, 0.4) is 0 Å². The summed E-state index contributed by atoms with van der Waals surface area (Å²) < 4.78 is 10.5. The van der Waals surface area contributed by atoms with Crippen LogP contribution in [0.2, 0.25) is 10.0 Å². The van der Waals surface area contributed by atoms with Gasteiger partial charge >= 0.3 is 0 Å². The van der Waals surface area contributed by atoms with Crippen molar-refractivity contribution in [3.8, 4) is 11.5 Å². The van der Waals surface area contributed by atoms with Gasteiger partial charge in [0.2, 0.25) is 0 Å². The largest absolute Gasteiger partial charge is 0.495 e. The lowest BCUT2D eigenvalue weighted by Gasteiger charge is -2.14. The van der Waals surface area contributed by atoms with Gasteiger partial charge in [0.1, 0.15) is 17.0 Å². The molecule has 0 amide bonds. The maximum absolute atomic E-state index is 6.36. The predicted molar refractivity (Wildman–Crippen MR) is 74.3 cm³/mol. The van der Waals surface area contributed by atoms with Crippen molar-refractivity contribution in [2.75, 3.05) is 14.2 Å². The Kier molecular flexibility index (Phi) is 3.55. The zero-order valence-corrected chi connectivity index (χ0v) is 12.1. The smallest absolute Gasteiger partial charge is 0.148 e. The van der Waals surface area contributed by atoms with Gasteiger partial charge in [-0.25, -0.2) is 4.98 Å². The van der Waals surface area contributed by atoms with Crippen molar-refractivity contribution in [3.63, 3.8) is 0 Å². The minimum Gasteiger partial charge on any atom is -0.495 e. The normalized spacial score (nSPS) is 10.8. The molecular formula is C13H13Cl2NO2. The highest BCUT2D eigenvalue weighted by atomic mass is 35.5. The molecule has 2 rings (SSSR count). The molecule has 1 aromatic heterocycles. The number of fused-ring (bicyclic) bond motifs is 1. The Labute approximate surface area is 116 Å². The number of aromatic nitrogens is 1. The molecule has 96 valence electrons. The van der Waals surface area contributed by atoms with E-state index in [1.54, 1.807) is 20.3 Å². The monoisotopic (exact) mass is 285 g/mol. The van der Waals surface area contributed by atoms with E-state index in [1.165, 1.54) is 0 Å². The molecule has 2 aromatic rings. The van der Waals surface area contributed by atoms with E-state index < -0.39 is 0 Å². The lowest BCUT2D eigenvalue weighted by Crippen LogP contribution is -1.96. The Hall–Kier alpha value is -1.19. The number of rotatable bonds is 2. The topological polar surface area (TPSA) is 31.4 Å². The standard InChI is InChI=1S/C13H13Cl2NO2/c1-6-7(2)16-13-9(18-4)5-8(17-3)12(15)10(13)11(6)14/h5H,1-4H3. The number of hydrogen-bond acceptors (Lipinski definition) is 3. The average Bonchev–Trinajstić information content (AvgIpc) is 2.36. The first kappa shape index (κ1) is 13.2. The number of pyridine rings is 1. The van der Waals surface area contributed by atoms with E-state index in [0.29, 0.717) is 32.4 Å². The van der Waals surface area contributed by atoms with Gasteiger partial charge in [0.05, 0.1) is 24.3 Å². The van der Waals surface area contributed by atoms with Crippen molar-refractivity contribution in [1.82, 2.24) is 4.98 Å². The van der Waals surface area contributed by atoms with E-state index in [0.717, 1.165) is 11.3 Å². The summed E-state index contributed by atoms with van der Waals surface area (Å²) in [7, 11) is 3.13. The van der Waals surface area contributed by atoms with E-state index in [-0.39, 0.29) is 0 Å². The SMILES string of the molecule is COc1cc(OC)c2nc(C)c(C)c(Cl)c2c1Cl. The van der Waals surface area contributed by atoms with E-state index >= 15 is 0 Å². The van der Waals surface area contributed by atoms with Gasteiger partial charge < -0.3 is 9.47 Å². The van der Waals surface area contributed by atoms with Gasteiger partial charge in [-0.15, -0.1) is 0 Å². The van der Waals surface area contributed by atoms with E-state index in [4.69, 9.17) is 32.7 Å². The van der Waals surface area contributed by atoms with Crippen molar-refractivity contribution in [3.05, 3.63) is 27.4 Å². The van der Waals surface area contributed by atoms with Gasteiger partial charge in [-0.3, -0.25) is 0 Å². The zero-order chi connectivity index (χ0) is 13.4. The number of nitrogens with zero attached hydrogens (tertiary/aromatic N) is 1. The fourth-order valence-corrected chi connectivity index (χ4v) is 2.50. The summed E-state index contributed by atoms with van der Waals surface area (Å²) >= 11 is 12.7. The second-order valence-corrected chi connectivity index (χ2v) is 4.71. The molecule has 0 saturated carbocycles. The van der Waals surface area contributed by atoms with Crippen LogP contribution < -0.4 is 9.47 Å². The molecule has 3 nitrogen and oxygen atoms in total. The first-order valence-electron chi connectivity index (χ1n) is 5.38. The number of benzene rings is 1. The maximum atomic E-state index is 6.36. The van der Waals surface area contributed by atoms with Gasteiger partial charge in [-0.1, -0.05) is 23.2 Å². The van der Waals surface area contributed by atoms with Gasteiger partial charge in [0.25, 0.3) is 0 Å². The second-order valence-electron chi connectivity index (χ2n) is 3.95. The molecule has 0 spiro atoms. The van der Waals surface area contributed by atoms with Crippen molar-refractivity contribution < 1.29 is 9.47 Å². The predicted octanol–water partition coefficient (Wildman–Crippen LogP) is 4.18. The summed E-state index contributed by atoms with van der Waals surface area (Å²) in [4.78, 5) is 4.49.